The van der Waals surface area contributed by atoms with Crippen LogP contribution in [0.3, 0.4) is 0 Å². The van der Waals surface area contributed by atoms with Crippen molar-refractivity contribution in [1.82, 2.24) is 9.55 Å². The van der Waals surface area contributed by atoms with Crippen LogP contribution in [-0.2, 0) is 6.42 Å². The van der Waals surface area contributed by atoms with Gasteiger partial charge >= 0.3 is 0 Å². The Kier molecular flexibility index (Phi) is 4.86. The number of aromatic nitrogens is 2. The van der Waals surface area contributed by atoms with E-state index in [9.17, 15) is 4.39 Å². The molecule has 1 aromatic heterocycles. The number of rotatable bonds is 6. The highest BCUT2D eigenvalue weighted by Crippen LogP contribution is 2.30. The van der Waals surface area contributed by atoms with Crippen molar-refractivity contribution >= 4 is 22.6 Å². The summed E-state index contributed by atoms with van der Waals surface area (Å²) in [5, 5.41) is 0. The average Bonchev–Trinajstić information content (AvgIpc) is 2.77. The van der Waals surface area contributed by atoms with E-state index in [0.29, 0.717) is 23.9 Å². The zero-order valence-electron chi connectivity index (χ0n) is 12.1. The lowest BCUT2D eigenvalue weighted by Gasteiger charge is -2.18. The third-order valence-electron chi connectivity index (χ3n) is 3.66. The Morgan fingerprint density at radius 3 is 2.60 bits per heavy atom. The van der Waals surface area contributed by atoms with Crippen molar-refractivity contribution in [3.8, 4) is 5.75 Å². The molecule has 0 aliphatic carbocycles. The Bertz CT molecular complexity index is 593. The monoisotopic (exact) mass is 298 g/mol. The molecule has 3 nitrogen and oxygen atoms in total. The summed E-state index contributed by atoms with van der Waals surface area (Å²) < 4.78 is 21.1. The van der Waals surface area contributed by atoms with Crippen LogP contribution in [0.2, 0.25) is 0 Å². The molecule has 1 heterocycles. The molecule has 0 aliphatic rings. The highest BCUT2D eigenvalue weighted by Gasteiger charge is 2.18. The van der Waals surface area contributed by atoms with E-state index in [-0.39, 0.29) is 11.6 Å². The molecular weight excluding hydrogens is 279 g/mol. The number of benzene rings is 1. The fraction of sp³-hybridized carbons (Fsp3) is 0.533. The molecule has 0 atom stereocenters. The number of imidazole rings is 1. The molecule has 2 rings (SSSR count). The molecule has 0 unspecified atom stereocenters. The quantitative estimate of drug-likeness (QED) is 0.742. The minimum absolute atomic E-state index is 0.252. The summed E-state index contributed by atoms with van der Waals surface area (Å²) in [6.45, 7) is 4.29. The Morgan fingerprint density at radius 1 is 1.35 bits per heavy atom. The maximum Gasteiger partial charge on any atom is 0.167 e. The largest absolute Gasteiger partial charge is 0.494 e. The van der Waals surface area contributed by atoms with E-state index in [1.54, 1.807) is 6.07 Å². The van der Waals surface area contributed by atoms with Gasteiger partial charge in [-0.3, -0.25) is 0 Å². The minimum Gasteiger partial charge on any atom is -0.494 e. The van der Waals surface area contributed by atoms with Gasteiger partial charge in [-0.05, 0) is 12.8 Å². The van der Waals surface area contributed by atoms with E-state index in [0.717, 1.165) is 24.2 Å². The fourth-order valence-electron chi connectivity index (χ4n) is 2.63. The molecule has 0 aliphatic heterocycles. The lowest BCUT2D eigenvalue weighted by atomic mass is 10.1. The number of halogens is 2. The molecular formula is C15H20ClFN2O. The summed E-state index contributed by atoms with van der Waals surface area (Å²) in [5.41, 5.74) is 1.58. The molecule has 110 valence electrons. The van der Waals surface area contributed by atoms with Crippen LogP contribution in [0.1, 0.15) is 38.6 Å². The minimum atomic E-state index is -0.383. The number of aryl methyl sites for hydroxylation is 1. The summed E-state index contributed by atoms with van der Waals surface area (Å²) in [5.74, 6) is 1.29. The SMILES string of the molecule is CCC(CC)n1c(CCCl)nc2cc(F)c(OC)cc21. The maximum atomic E-state index is 13.8. The smallest absolute Gasteiger partial charge is 0.167 e. The van der Waals surface area contributed by atoms with Crippen molar-refractivity contribution in [2.75, 3.05) is 13.0 Å². The van der Waals surface area contributed by atoms with Gasteiger partial charge < -0.3 is 9.30 Å². The van der Waals surface area contributed by atoms with E-state index < -0.39 is 0 Å². The molecule has 0 spiro atoms. The van der Waals surface area contributed by atoms with Gasteiger partial charge in [-0.1, -0.05) is 13.8 Å². The normalized spacial score (nSPS) is 11.5. The van der Waals surface area contributed by atoms with Gasteiger partial charge in [0.25, 0.3) is 0 Å². The van der Waals surface area contributed by atoms with Crippen LogP contribution in [-0.4, -0.2) is 22.5 Å². The number of ether oxygens (including phenoxy) is 1. The van der Waals surface area contributed by atoms with Gasteiger partial charge in [-0.15, -0.1) is 11.6 Å². The summed E-state index contributed by atoms with van der Waals surface area (Å²) in [6, 6.07) is 3.51. The third-order valence-corrected chi connectivity index (χ3v) is 3.85. The zero-order valence-corrected chi connectivity index (χ0v) is 12.9. The van der Waals surface area contributed by atoms with Crippen molar-refractivity contribution < 1.29 is 9.13 Å². The number of hydrogen-bond acceptors (Lipinski definition) is 2. The molecule has 0 saturated heterocycles. The molecule has 0 fully saturated rings. The van der Waals surface area contributed by atoms with E-state index in [4.69, 9.17) is 16.3 Å². The van der Waals surface area contributed by atoms with Crippen LogP contribution in [0.4, 0.5) is 4.39 Å². The molecule has 5 heteroatoms. The van der Waals surface area contributed by atoms with Crippen LogP contribution in [0.15, 0.2) is 12.1 Å². The maximum absolute atomic E-state index is 13.8. The molecule has 0 N–H and O–H groups in total. The van der Waals surface area contributed by atoms with Gasteiger partial charge in [0.1, 0.15) is 5.82 Å². The molecule has 0 amide bonds. The molecule has 0 saturated carbocycles. The zero-order chi connectivity index (χ0) is 14.7. The van der Waals surface area contributed by atoms with E-state index >= 15 is 0 Å². The van der Waals surface area contributed by atoms with Crippen molar-refractivity contribution in [2.45, 2.75) is 39.2 Å². The highest BCUT2D eigenvalue weighted by molar-refractivity contribution is 6.17. The molecule has 0 radical (unpaired) electrons. The number of fused-ring (bicyclic) bond motifs is 1. The second kappa shape index (κ2) is 6.44. The van der Waals surface area contributed by atoms with E-state index in [1.165, 1.54) is 13.2 Å². The summed E-state index contributed by atoms with van der Waals surface area (Å²) in [6.07, 6.45) is 2.67. The van der Waals surface area contributed by atoms with Gasteiger partial charge in [0.05, 0.1) is 18.1 Å². The van der Waals surface area contributed by atoms with Gasteiger partial charge in [0, 0.05) is 30.5 Å². The van der Waals surface area contributed by atoms with Gasteiger partial charge in [0.2, 0.25) is 0 Å². The first kappa shape index (κ1) is 15.1. The first-order valence-electron chi connectivity index (χ1n) is 6.96. The van der Waals surface area contributed by atoms with Gasteiger partial charge in [-0.25, -0.2) is 9.37 Å². The second-order valence-electron chi connectivity index (χ2n) is 4.78. The van der Waals surface area contributed by atoms with Crippen molar-refractivity contribution in [1.29, 1.82) is 0 Å². The number of nitrogens with zero attached hydrogens (tertiary/aromatic N) is 2. The average molecular weight is 299 g/mol. The Hall–Kier alpha value is -1.29. The summed E-state index contributed by atoms with van der Waals surface area (Å²) >= 11 is 5.86. The first-order valence-corrected chi connectivity index (χ1v) is 7.49. The first-order chi connectivity index (χ1) is 9.65. The van der Waals surface area contributed by atoms with Crippen molar-refractivity contribution in [3.63, 3.8) is 0 Å². The Balaban J connectivity index is 2.68. The van der Waals surface area contributed by atoms with Crippen molar-refractivity contribution in [2.24, 2.45) is 0 Å². The fourth-order valence-corrected chi connectivity index (χ4v) is 2.79. The van der Waals surface area contributed by atoms with Gasteiger partial charge in [0.15, 0.2) is 11.6 Å². The van der Waals surface area contributed by atoms with Crippen LogP contribution in [0.5, 0.6) is 5.75 Å². The second-order valence-corrected chi connectivity index (χ2v) is 5.16. The van der Waals surface area contributed by atoms with Crippen LogP contribution < -0.4 is 4.74 Å². The van der Waals surface area contributed by atoms with Crippen LogP contribution in [0.25, 0.3) is 11.0 Å². The summed E-state index contributed by atoms with van der Waals surface area (Å²) in [4.78, 5) is 4.54. The van der Waals surface area contributed by atoms with E-state index in [2.05, 4.69) is 23.4 Å². The number of methoxy groups -OCH3 is 1. The molecule has 2 aromatic rings. The number of hydrogen-bond donors (Lipinski definition) is 0. The number of alkyl halides is 1. The van der Waals surface area contributed by atoms with Crippen LogP contribution in [0, 0.1) is 5.82 Å². The standard InChI is InChI=1S/C15H20ClFN2O/c1-4-10(5-2)19-13-9-14(20-3)11(17)8-12(13)18-15(19)6-7-16/h8-10H,4-7H2,1-3H3. The lowest BCUT2D eigenvalue weighted by Crippen LogP contribution is -2.11. The molecule has 0 bridgehead atoms. The predicted molar refractivity (Wildman–Crippen MR) is 80.3 cm³/mol. The Labute approximate surface area is 123 Å². The van der Waals surface area contributed by atoms with E-state index in [1.807, 2.05) is 0 Å². The highest BCUT2D eigenvalue weighted by atomic mass is 35.5. The topological polar surface area (TPSA) is 27.1 Å². The Morgan fingerprint density at radius 2 is 2.05 bits per heavy atom. The predicted octanol–water partition coefficient (Wildman–Crippen LogP) is 4.33. The lowest BCUT2D eigenvalue weighted by molar-refractivity contribution is 0.387. The summed E-state index contributed by atoms with van der Waals surface area (Å²) in [7, 11) is 1.47. The molecule has 1 aromatic carbocycles. The third kappa shape index (κ3) is 2.62. The van der Waals surface area contributed by atoms with Crippen molar-refractivity contribution in [3.05, 3.63) is 23.8 Å². The van der Waals surface area contributed by atoms with Gasteiger partial charge in [-0.2, -0.15) is 0 Å². The molecule has 20 heavy (non-hydrogen) atoms. The van der Waals surface area contributed by atoms with Crippen LogP contribution >= 0.6 is 11.6 Å².